The summed E-state index contributed by atoms with van der Waals surface area (Å²) in [5.74, 6) is 0.277. The van der Waals surface area contributed by atoms with Gasteiger partial charge in [-0.2, -0.15) is 4.98 Å². The fourth-order valence-corrected chi connectivity index (χ4v) is 2.36. The molecule has 6 heteroatoms. The molecule has 0 spiro atoms. The van der Waals surface area contributed by atoms with Gasteiger partial charge >= 0.3 is 5.97 Å². The average Bonchev–Trinajstić information content (AvgIpc) is 2.55. The molecule has 0 saturated carbocycles. The third-order valence-electron chi connectivity index (χ3n) is 3.23. The van der Waals surface area contributed by atoms with E-state index in [1.54, 1.807) is 31.2 Å². The van der Waals surface area contributed by atoms with Crippen LogP contribution in [0.2, 0.25) is 5.28 Å². The summed E-state index contributed by atoms with van der Waals surface area (Å²) in [7, 11) is 0. The molecule has 3 rings (SSSR count). The van der Waals surface area contributed by atoms with Crippen molar-refractivity contribution in [3.63, 3.8) is 0 Å². The monoisotopic (exact) mass is 327 g/mol. The summed E-state index contributed by atoms with van der Waals surface area (Å²) in [6.45, 7) is 2.13. The third-order valence-corrected chi connectivity index (χ3v) is 3.40. The number of hydrogen-bond donors (Lipinski definition) is 1. The molecule has 0 aliphatic rings. The Balaban J connectivity index is 1.89. The van der Waals surface area contributed by atoms with Gasteiger partial charge in [0.05, 0.1) is 17.7 Å². The molecule has 1 aromatic heterocycles. The number of fused-ring (bicyclic) bond motifs is 1. The second kappa shape index (κ2) is 6.62. The van der Waals surface area contributed by atoms with Gasteiger partial charge in [-0.25, -0.2) is 9.78 Å². The van der Waals surface area contributed by atoms with Crippen molar-refractivity contribution in [1.82, 2.24) is 9.97 Å². The van der Waals surface area contributed by atoms with Crippen LogP contribution < -0.4 is 5.32 Å². The molecule has 1 heterocycles. The molecule has 0 unspecified atom stereocenters. The Hall–Kier alpha value is -2.66. The fourth-order valence-electron chi connectivity index (χ4n) is 2.18. The van der Waals surface area contributed by atoms with Gasteiger partial charge in [0.1, 0.15) is 5.82 Å². The van der Waals surface area contributed by atoms with Gasteiger partial charge in [0.2, 0.25) is 5.28 Å². The van der Waals surface area contributed by atoms with Crippen molar-refractivity contribution in [2.75, 3.05) is 11.9 Å². The number of benzene rings is 2. The number of nitrogens with one attached hydrogen (secondary N) is 1. The maximum Gasteiger partial charge on any atom is 0.338 e. The van der Waals surface area contributed by atoms with Crippen molar-refractivity contribution < 1.29 is 9.53 Å². The molecule has 0 radical (unpaired) electrons. The fraction of sp³-hybridized carbons (Fsp3) is 0.118. The minimum absolute atomic E-state index is 0.175. The lowest BCUT2D eigenvalue weighted by atomic mass is 10.2. The minimum Gasteiger partial charge on any atom is -0.462 e. The molecule has 0 atom stereocenters. The zero-order valence-electron chi connectivity index (χ0n) is 12.4. The average molecular weight is 328 g/mol. The predicted octanol–water partition coefficient (Wildman–Crippen LogP) is 4.20. The van der Waals surface area contributed by atoms with Crippen molar-refractivity contribution in [2.45, 2.75) is 6.92 Å². The molecule has 23 heavy (non-hydrogen) atoms. The van der Waals surface area contributed by atoms with Crippen molar-refractivity contribution in [2.24, 2.45) is 0 Å². The van der Waals surface area contributed by atoms with Crippen LogP contribution in [0.3, 0.4) is 0 Å². The first-order valence-electron chi connectivity index (χ1n) is 7.14. The summed E-state index contributed by atoms with van der Waals surface area (Å²) in [6.07, 6.45) is 0. The molecule has 0 aliphatic heterocycles. The molecule has 0 saturated heterocycles. The van der Waals surface area contributed by atoms with Gasteiger partial charge in [0, 0.05) is 11.1 Å². The summed E-state index contributed by atoms with van der Waals surface area (Å²) < 4.78 is 4.96. The normalized spacial score (nSPS) is 10.5. The lowest BCUT2D eigenvalue weighted by molar-refractivity contribution is 0.0526. The summed E-state index contributed by atoms with van der Waals surface area (Å²) >= 11 is 5.97. The topological polar surface area (TPSA) is 64.1 Å². The molecule has 2 aromatic carbocycles. The van der Waals surface area contributed by atoms with Crippen molar-refractivity contribution in [1.29, 1.82) is 0 Å². The van der Waals surface area contributed by atoms with E-state index in [-0.39, 0.29) is 11.3 Å². The van der Waals surface area contributed by atoms with E-state index < -0.39 is 0 Å². The summed E-state index contributed by atoms with van der Waals surface area (Å²) in [6, 6.07) is 14.6. The number of anilines is 2. The van der Waals surface area contributed by atoms with Crippen LogP contribution in [0, 0.1) is 0 Å². The Kier molecular flexibility index (Phi) is 4.39. The lowest BCUT2D eigenvalue weighted by Gasteiger charge is -2.09. The van der Waals surface area contributed by atoms with Gasteiger partial charge in [-0.3, -0.25) is 0 Å². The number of esters is 1. The van der Waals surface area contributed by atoms with Crippen LogP contribution in [-0.4, -0.2) is 22.5 Å². The Morgan fingerprint density at radius 2 is 1.87 bits per heavy atom. The third kappa shape index (κ3) is 3.40. The van der Waals surface area contributed by atoms with Crippen LogP contribution >= 0.6 is 11.6 Å². The number of hydrogen-bond acceptors (Lipinski definition) is 5. The number of rotatable bonds is 4. The zero-order valence-corrected chi connectivity index (χ0v) is 13.2. The molecule has 5 nitrogen and oxygen atoms in total. The predicted molar refractivity (Wildman–Crippen MR) is 90.2 cm³/mol. The number of carbonyl (C=O) groups excluding carboxylic acids is 1. The molecule has 3 aromatic rings. The highest BCUT2D eigenvalue weighted by Gasteiger charge is 2.08. The van der Waals surface area contributed by atoms with Crippen LogP contribution in [0.25, 0.3) is 10.9 Å². The first-order valence-corrected chi connectivity index (χ1v) is 7.51. The molecular weight excluding hydrogens is 314 g/mol. The molecule has 0 aliphatic carbocycles. The molecule has 0 bridgehead atoms. The van der Waals surface area contributed by atoms with E-state index in [1.165, 1.54) is 0 Å². The Morgan fingerprint density at radius 3 is 2.61 bits per heavy atom. The minimum atomic E-state index is -0.338. The van der Waals surface area contributed by atoms with E-state index >= 15 is 0 Å². The second-order valence-electron chi connectivity index (χ2n) is 4.78. The van der Waals surface area contributed by atoms with Crippen molar-refractivity contribution in [3.05, 3.63) is 59.4 Å². The first kappa shape index (κ1) is 15.2. The van der Waals surface area contributed by atoms with Crippen molar-refractivity contribution >= 4 is 40.0 Å². The summed E-state index contributed by atoms with van der Waals surface area (Å²) in [4.78, 5) is 20.1. The molecule has 0 fully saturated rings. The quantitative estimate of drug-likeness (QED) is 0.574. The highest BCUT2D eigenvalue weighted by atomic mass is 35.5. The Bertz CT molecular complexity index is 850. The van der Waals surface area contributed by atoms with Gasteiger partial charge in [0.25, 0.3) is 0 Å². The van der Waals surface area contributed by atoms with E-state index in [0.717, 1.165) is 16.6 Å². The van der Waals surface area contributed by atoms with E-state index in [4.69, 9.17) is 16.3 Å². The highest BCUT2D eigenvalue weighted by molar-refractivity contribution is 6.28. The van der Waals surface area contributed by atoms with E-state index in [9.17, 15) is 4.79 Å². The van der Waals surface area contributed by atoms with Crippen LogP contribution in [0.1, 0.15) is 17.3 Å². The highest BCUT2D eigenvalue weighted by Crippen LogP contribution is 2.25. The summed E-state index contributed by atoms with van der Waals surface area (Å²) in [5.41, 5.74) is 2.05. The molecule has 0 amide bonds. The van der Waals surface area contributed by atoms with Crippen LogP contribution in [-0.2, 0) is 4.74 Å². The first-order chi connectivity index (χ1) is 11.2. The van der Waals surface area contributed by atoms with Gasteiger partial charge in [-0.05, 0) is 54.9 Å². The molecule has 116 valence electrons. The molecular formula is C17H14ClN3O2. The van der Waals surface area contributed by atoms with Gasteiger partial charge in [-0.15, -0.1) is 0 Å². The maximum atomic E-state index is 11.7. The van der Waals surface area contributed by atoms with E-state index in [0.29, 0.717) is 18.0 Å². The van der Waals surface area contributed by atoms with Gasteiger partial charge in [-0.1, -0.05) is 12.1 Å². The number of halogens is 1. The number of aromatic nitrogens is 2. The number of para-hydroxylation sites is 1. The second-order valence-corrected chi connectivity index (χ2v) is 5.12. The van der Waals surface area contributed by atoms with Crippen LogP contribution in [0.5, 0.6) is 0 Å². The lowest BCUT2D eigenvalue weighted by Crippen LogP contribution is -2.04. The smallest absolute Gasteiger partial charge is 0.338 e. The summed E-state index contributed by atoms with van der Waals surface area (Å²) in [5, 5.41) is 4.24. The van der Waals surface area contributed by atoms with Crippen molar-refractivity contribution in [3.8, 4) is 0 Å². The van der Waals surface area contributed by atoms with Crippen LogP contribution in [0.4, 0.5) is 11.5 Å². The van der Waals surface area contributed by atoms with E-state index in [2.05, 4.69) is 15.3 Å². The Morgan fingerprint density at radius 1 is 1.13 bits per heavy atom. The Labute approximate surface area is 138 Å². The van der Waals surface area contributed by atoms with Gasteiger partial charge in [0.15, 0.2) is 0 Å². The number of nitrogens with zero attached hydrogens (tertiary/aromatic N) is 2. The van der Waals surface area contributed by atoms with Gasteiger partial charge < -0.3 is 10.1 Å². The van der Waals surface area contributed by atoms with Crippen LogP contribution in [0.15, 0.2) is 48.5 Å². The largest absolute Gasteiger partial charge is 0.462 e. The van der Waals surface area contributed by atoms with E-state index in [1.807, 2.05) is 24.3 Å². The molecule has 1 N–H and O–H groups in total. The maximum absolute atomic E-state index is 11.7. The number of carbonyl (C=O) groups is 1. The SMILES string of the molecule is CCOC(=O)c1ccc(Nc2nc(Cl)nc3ccccc23)cc1. The standard InChI is InChI=1S/C17H14ClN3O2/c1-2-23-16(22)11-7-9-12(10-8-11)19-15-13-5-3-4-6-14(13)20-17(18)21-15/h3-10H,2H2,1H3,(H,19,20,21). The zero-order chi connectivity index (χ0) is 16.2. The number of ether oxygens (including phenoxy) is 1.